The number of rotatable bonds is 14. The maximum Gasteiger partial charge on any atom is 0.459 e. The van der Waals surface area contributed by atoms with Gasteiger partial charge in [-0.25, -0.2) is 14.1 Å². The number of anilines is 1. The summed E-state index contributed by atoms with van der Waals surface area (Å²) in [5.74, 6) is -2.74. The molecule has 0 amide bonds. The Balaban J connectivity index is 1.52. The van der Waals surface area contributed by atoms with Crippen LogP contribution < -0.4 is 15.3 Å². The van der Waals surface area contributed by atoms with E-state index in [4.69, 9.17) is 38.5 Å². The molecule has 2 aliphatic heterocycles. The molecule has 0 aliphatic carbocycles. The topological polar surface area (TPSA) is 201 Å². The molecule has 3 aromatic rings. The van der Waals surface area contributed by atoms with Gasteiger partial charge in [-0.05, 0) is 38.1 Å². The van der Waals surface area contributed by atoms with Gasteiger partial charge in [0.15, 0.2) is 11.9 Å². The quantitative estimate of drug-likeness (QED) is 0.139. The van der Waals surface area contributed by atoms with Crippen molar-refractivity contribution in [2.45, 2.75) is 77.4 Å². The number of aromatic nitrogens is 3. The number of benzene rings is 1. The third-order valence-electron chi connectivity index (χ3n) is 8.34. The number of hydrogen-bond donors (Lipinski definition) is 2. The van der Waals surface area contributed by atoms with Crippen LogP contribution in [0.5, 0.6) is 5.75 Å². The molecule has 16 nitrogen and oxygen atoms in total. The van der Waals surface area contributed by atoms with Crippen molar-refractivity contribution in [1.82, 2.24) is 19.7 Å². The van der Waals surface area contributed by atoms with Gasteiger partial charge in [-0.1, -0.05) is 45.9 Å². The minimum atomic E-state index is -4.41. The Kier molecular flexibility index (Phi) is 11.2. The van der Waals surface area contributed by atoms with E-state index in [1.165, 1.54) is 17.8 Å². The van der Waals surface area contributed by atoms with Gasteiger partial charge in [0.05, 0.1) is 44.0 Å². The van der Waals surface area contributed by atoms with E-state index in [2.05, 4.69) is 15.2 Å². The van der Waals surface area contributed by atoms with Gasteiger partial charge in [-0.3, -0.25) is 18.9 Å². The minimum Gasteiger partial charge on any atom is -0.459 e. The normalized spacial score (nSPS) is 25.4. The fourth-order valence-electron chi connectivity index (χ4n) is 5.51. The van der Waals surface area contributed by atoms with Crippen LogP contribution in [-0.4, -0.2) is 82.8 Å². The number of carbonyl (C=O) groups is 3. The molecule has 0 unspecified atom stereocenters. The van der Waals surface area contributed by atoms with E-state index >= 15 is 0 Å². The number of nitrogen functional groups attached to an aromatic ring is 1. The van der Waals surface area contributed by atoms with E-state index in [9.17, 15) is 18.9 Å². The van der Waals surface area contributed by atoms with Crippen LogP contribution in [0.2, 0.25) is 0 Å². The van der Waals surface area contributed by atoms with Crippen LogP contribution >= 0.6 is 7.75 Å². The van der Waals surface area contributed by atoms with Gasteiger partial charge in [0.2, 0.25) is 5.60 Å². The predicted octanol–water partition coefficient (Wildman–Crippen LogP) is 3.58. The number of fused-ring (bicyclic) bond motifs is 1. The van der Waals surface area contributed by atoms with Crippen molar-refractivity contribution < 1.29 is 51.7 Å². The molecule has 6 atom stereocenters. The second-order valence-electron chi connectivity index (χ2n) is 13.1. The van der Waals surface area contributed by atoms with Gasteiger partial charge in [0.25, 0.3) is 0 Å². The van der Waals surface area contributed by atoms with Gasteiger partial charge in [0.1, 0.15) is 35.3 Å². The highest BCUT2D eigenvalue weighted by molar-refractivity contribution is 7.52. The molecule has 2 aliphatic rings. The second kappa shape index (κ2) is 15.0. The van der Waals surface area contributed by atoms with Crippen LogP contribution in [0.1, 0.15) is 53.7 Å². The van der Waals surface area contributed by atoms with Crippen molar-refractivity contribution in [2.24, 2.45) is 11.8 Å². The Morgan fingerprint density at radius 3 is 2.42 bits per heavy atom. The van der Waals surface area contributed by atoms with Crippen LogP contribution in [0.25, 0.3) is 5.52 Å². The number of esters is 3. The molecule has 0 saturated carbocycles. The largest absolute Gasteiger partial charge is 0.459 e. The highest BCUT2D eigenvalue weighted by Gasteiger charge is 2.64. The van der Waals surface area contributed by atoms with Crippen molar-refractivity contribution in [3.8, 4) is 5.75 Å². The predicted molar refractivity (Wildman–Crippen MR) is 178 cm³/mol. The van der Waals surface area contributed by atoms with Crippen molar-refractivity contribution in [1.29, 1.82) is 0 Å². The highest BCUT2D eigenvalue weighted by Crippen LogP contribution is 2.51. The lowest BCUT2D eigenvalue weighted by molar-refractivity contribution is -0.193. The van der Waals surface area contributed by atoms with Crippen molar-refractivity contribution in [2.75, 3.05) is 32.2 Å². The Hall–Kier alpha value is -4.08. The van der Waals surface area contributed by atoms with E-state index in [0.29, 0.717) is 18.5 Å². The van der Waals surface area contributed by atoms with Crippen LogP contribution in [-0.2, 0) is 52.8 Å². The van der Waals surface area contributed by atoms with Crippen molar-refractivity contribution >= 4 is 37.0 Å². The first kappa shape index (κ1) is 37.2. The Labute approximate surface area is 289 Å². The number of nitrogens with one attached hydrogen (secondary N) is 1. The molecule has 5 rings (SSSR count). The zero-order valence-corrected chi connectivity index (χ0v) is 29.8. The van der Waals surface area contributed by atoms with Gasteiger partial charge in [-0.2, -0.15) is 10.2 Å². The van der Waals surface area contributed by atoms with Crippen LogP contribution in [0.3, 0.4) is 0 Å². The average molecular weight is 718 g/mol. The van der Waals surface area contributed by atoms with E-state index in [-0.39, 0.29) is 30.5 Å². The fraction of sp³-hybridized carbons (Fsp3) is 0.545. The molecule has 50 heavy (non-hydrogen) atoms. The molecule has 0 radical (unpaired) electrons. The highest BCUT2D eigenvalue weighted by atomic mass is 31.2. The molecule has 2 saturated heterocycles. The van der Waals surface area contributed by atoms with E-state index < -0.39 is 73.5 Å². The average Bonchev–Trinajstić information content (AvgIpc) is 3.81. The van der Waals surface area contributed by atoms with E-state index in [0.717, 1.165) is 0 Å². The third kappa shape index (κ3) is 7.94. The lowest BCUT2D eigenvalue weighted by atomic mass is 9.85. The number of nitrogens with two attached hydrogens (primary N) is 1. The second-order valence-corrected chi connectivity index (χ2v) is 14.8. The summed E-state index contributed by atoms with van der Waals surface area (Å²) in [4.78, 5) is 43.7. The fourth-order valence-corrected chi connectivity index (χ4v) is 7.09. The third-order valence-corrected chi connectivity index (χ3v) is 9.96. The summed E-state index contributed by atoms with van der Waals surface area (Å²) in [6, 6.07) is 10.4. The number of carbonyl (C=O) groups excluding carboxylic acids is 3. The van der Waals surface area contributed by atoms with Gasteiger partial charge in [-0.15, -0.1) is 0 Å². The van der Waals surface area contributed by atoms with E-state index in [1.807, 2.05) is 0 Å². The molecule has 0 spiro atoms. The molecule has 0 bridgehead atoms. The number of hydrogen-bond acceptors (Lipinski definition) is 14. The van der Waals surface area contributed by atoms with Gasteiger partial charge >= 0.3 is 25.7 Å². The van der Waals surface area contributed by atoms with Gasteiger partial charge in [0, 0.05) is 6.42 Å². The Morgan fingerprint density at radius 1 is 1.04 bits per heavy atom. The Bertz CT molecular complexity index is 1730. The minimum absolute atomic E-state index is 0.162. The zero-order valence-electron chi connectivity index (χ0n) is 28.9. The summed E-state index contributed by atoms with van der Waals surface area (Å²) < 4.78 is 57.3. The first-order valence-electron chi connectivity index (χ1n) is 16.4. The molecule has 272 valence electrons. The van der Waals surface area contributed by atoms with Crippen LogP contribution in [0.15, 0.2) is 48.8 Å². The summed E-state index contributed by atoms with van der Waals surface area (Å²) >= 11 is 0. The van der Waals surface area contributed by atoms with Crippen LogP contribution in [0, 0.1) is 11.8 Å². The molecule has 3 N–H and O–H groups in total. The number of nitrogens with zero attached hydrogens (tertiary/aromatic N) is 3. The maximum absolute atomic E-state index is 14.5. The summed E-state index contributed by atoms with van der Waals surface area (Å²) in [6.45, 7) is 9.54. The first-order chi connectivity index (χ1) is 23.7. The Morgan fingerprint density at radius 2 is 1.76 bits per heavy atom. The smallest absolute Gasteiger partial charge is 0.459 e. The molecule has 2 fully saturated rings. The lowest BCUT2D eigenvalue weighted by Crippen LogP contribution is -2.55. The molecule has 17 heteroatoms. The summed E-state index contributed by atoms with van der Waals surface area (Å²) in [6.07, 6.45) is -0.0299. The zero-order chi connectivity index (χ0) is 36.3. The first-order valence-corrected chi connectivity index (χ1v) is 17.9. The molecule has 2 aromatic heterocycles. The van der Waals surface area contributed by atoms with E-state index in [1.54, 1.807) is 77.1 Å². The molecule has 4 heterocycles. The monoisotopic (exact) mass is 717 g/mol. The van der Waals surface area contributed by atoms with Crippen LogP contribution in [0.4, 0.5) is 5.82 Å². The molecular formula is C33H44N5O11P. The summed E-state index contributed by atoms with van der Waals surface area (Å²) in [7, 11) is -4.41. The lowest BCUT2D eigenvalue weighted by Gasteiger charge is -2.38. The molecular weight excluding hydrogens is 673 g/mol. The van der Waals surface area contributed by atoms with Crippen molar-refractivity contribution in [3.05, 3.63) is 54.5 Å². The SMILES string of the molecule is CC(C)C(=O)O[C@@H]1[C@@](C)(CO[P@](=O)(N[C@@H](C)C(=O)O[C@H]2CCOC2)Oc2ccccc2)OC[C@]1(OC(=O)C(C)C)c1ccc2c(N)ncnn12. The van der Waals surface area contributed by atoms with Crippen molar-refractivity contribution in [3.63, 3.8) is 0 Å². The standard InChI is InChI=1S/C33H44N5O11P/c1-20(2)28(39)47-31-32(6,44-18-33(31,48-29(40)21(3)4)26-13-12-25-27(34)35-19-36-38(25)26)17-45-50(42,49-23-10-8-7-9-11-23)37-22(5)30(41)46-24-14-15-43-16-24/h7-13,19-22,24,31H,14-18H2,1-6H3,(H,37,42)(H2,34,35,36)/t22-,24-,31+,32+,33-,50+/m0/s1. The molecule has 1 aromatic carbocycles. The number of para-hydroxylation sites is 1. The summed E-state index contributed by atoms with van der Waals surface area (Å²) in [5, 5.41) is 7.01. The van der Waals surface area contributed by atoms with Gasteiger partial charge < -0.3 is 33.9 Å². The number of ether oxygens (including phenoxy) is 5. The maximum atomic E-state index is 14.5. The summed E-state index contributed by atoms with van der Waals surface area (Å²) in [5.41, 5.74) is 3.43.